The standard InChI is InChI=1S/C11H14BrN3O3/c1-3-18-11(17)9-6(2)13-14-10(9)15-5-7(12)4-8(15)16/h7H,3-5H2,1-2H3,(H,13,14). The van der Waals surface area contributed by atoms with Crippen molar-refractivity contribution in [2.45, 2.75) is 25.1 Å². The van der Waals surface area contributed by atoms with E-state index in [-0.39, 0.29) is 17.3 Å². The lowest BCUT2D eigenvalue weighted by atomic mass is 10.2. The van der Waals surface area contributed by atoms with E-state index in [1.165, 1.54) is 4.90 Å². The van der Waals surface area contributed by atoms with Crippen LogP contribution in [-0.4, -0.2) is 40.1 Å². The van der Waals surface area contributed by atoms with Crippen LogP contribution in [-0.2, 0) is 9.53 Å². The molecule has 0 radical (unpaired) electrons. The van der Waals surface area contributed by atoms with Crippen molar-refractivity contribution in [3.8, 4) is 0 Å². The molecule has 7 heteroatoms. The van der Waals surface area contributed by atoms with Crippen LogP contribution in [0.2, 0.25) is 0 Å². The van der Waals surface area contributed by atoms with E-state index in [2.05, 4.69) is 26.1 Å². The van der Waals surface area contributed by atoms with Crippen molar-refractivity contribution in [3.63, 3.8) is 0 Å². The number of esters is 1. The molecule has 0 aromatic carbocycles. The summed E-state index contributed by atoms with van der Waals surface area (Å²) in [6.45, 7) is 4.27. The van der Waals surface area contributed by atoms with Gasteiger partial charge in [-0.25, -0.2) is 4.79 Å². The Bertz CT molecular complexity index is 486. The van der Waals surface area contributed by atoms with Crippen molar-refractivity contribution < 1.29 is 14.3 Å². The van der Waals surface area contributed by atoms with Gasteiger partial charge in [0, 0.05) is 23.5 Å². The molecule has 2 rings (SSSR count). The fraction of sp³-hybridized carbons (Fsp3) is 0.545. The Hall–Kier alpha value is -1.37. The molecule has 1 saturated heterocycles. The molecule has 1 aliphatic heterocycles. The lowest BCUT2D eigenvalue weighted by Crippen LogP contribution is -2.27. The number of carbonyl (C=O) groups excluding carboxylic acids is 2. The number of halogens is 1. The normalized spacial score (nSPS) is 19.4. The third kappa shape index (κ3) is 2.27. The highest BCUT2D eigenvalue weighted by atomic mass is 79.9. The number of aryl methyl sites for hydroxylation is 1. The average molecular weight is 316 g/mol. The lowest BCUT2D eigenvalue weighted by molar-refractivity contribution is -0.117. The van der Waals surface area contributed by atoms with Crippen LogP contribution in [0.5, 0.6) is 0 Å². The van der Waals surface area contributed by atoms with E-state index in [4.69, 9.17) is 4.74 Å². The van der Waals surface area contributed by atoms with Gasteiger partial charge in [-0.3, -0.25) is 14.8 Å². The minimum atomic E-state index is -0.454. The third-order valence-electron chi connectivity index (χ3n) is 2.74. The number of nitrogens with one attached hydrogen (secondary N) is 1. The molecular weight excluding hydrogens is 302 g/mol. The number of H-pyrrole nitrogens is 1. The molecule has 1 amide bonds. The van der Waals surface area contributed by atoms with Crippen LogP contribution in [0, 0.1) is 6.92 Å². The number of carbonyl (C=O) groups is 2. The number of ether oxygens (including phenoxy) is 1. The molecule has 6 nitrogen and oxygen atoms in total. The predicted molar refractivity (Wildman–Crippen MR) is 69.0 cm³/mol. The monoisotopic (exact) mass is 315 g/mol. The number of anilines is 1. The smallest absolute Gasteiger partial charge is 0.343 e. The fourth-order valence-electron chi connectivity index (χ4n) is 1.93. The Balaban J connectivity index is 2.34. The highest BCUT2D eigenvalue weighted by molar-refractivity contribution is 9.09. The summed E-state index contributed by atoms with van der Waals surface area (Å²) >= 11 is 3.40. The molecule has 0 aliphatic carbocycles. The van der Waals surface area contributed by atoms with E-state index in [1.807, 2.05) is 0 Å². The van der Waals surface area contributed by atoms with Gasteiger partial charge in [-0.1, -0.05) is 15.9 Å². The summed E-state index contributed by atoms with van der Waals surface area (Å²) in [5, 5.41) is 6.77. The van der Waals surface area contributed by atoms with Crippen molar-refractivity contribution in [1.29, 1.82) is 0 Å². The SMILES string of the molecule is CCOC(=O)c1c(N2CC(Br)CC2=O)n[nH]c1C. The zero-order valence-electron chi connectivity index (χ0n) is 10.2. The Morgan fingerprint density at radius 3 is 2.94 bits per heavy atom. The van der Waals surface area contributed by atoms with E-state index >= 15 is 0 Å². The molecule has 1 aromatic rings. The summed E-state index contributed by atoms with van der Waals surface area (Å²) < 4.78 is 4.98. The van der Waals surface area contributed by atoms with E-state index in [0.717, 1.165) is 0 Å². The first kappa shape index (κ1) is 13.1. The molecule has 18 heavy (non-hydrogen) atoms. The van der Waals surface area contributed by atoms with Gasteiger partial charge >= 0.3 is 5.97 Å². The molecule has 0 saturated carbocycles. The maximum Gasteiger partial charge on any atom is 0.343 e. The first-order valence-electron chi connectivity index (χ1n) is 5.71. The van der Waals surface area contributed by atoms with Crippen molar-refractivity contribution in [2.24, 2.45) is 0 Å². The summed E-state index contributed by atoms with van der Waals surface area (Å²) in [6, 6.07) is 0. The first-order valence-corrected chi connectivity index (χ1v) is 6.62. The van der Waals surface area contributed by atoms with Gasteiger partial charge in [0.25, 0.3) is 0 Å². The molecule has 1 aromatic heterocycles. The summed E-state index contributed by atoms with van der Waals surface area (Å²) in [5.74, 6) is -0.142. The minimum absolute atomic E-state index is 0.0473. The number of rotatable bonds is 3. The maximum atomic E-state index is 11.9. The molecule has 0 spiro atoms. The van der Waals surface area contributed by atoms with Crippen molar-refractivity contribution in [3.05, 3.63) is 11.3 Å². The second-order valence-electron chi connectivity index (χ2n) is 4.07. The molecule has 98 valence electrons. The largest absolute Gasteiger partial charge is 0.462 e. The van der Waals surface area contributed by atoms with Gasteiger partial charge in [0.1, 0.15) is 5.56 Å². The molecule has 1 fully saturated rings. The van der Waals surface area contributed by atoms with Gasteiger partial charge in [0.2, 0.25) is 5.91 Å². The van der Waals surface area contributed by atoms with Crippen LogP contribution in [0.15, 0.2) is 0 Å². The molecule has 1 N–H and O–H groups in total. The number of alkyl halides is 1. The molecule has 0 bridgehead atoms. The summed E-state index contributed by atoms with van der Waals surface area (Å²) in [6.07, 6.45) is 0.411. The van der Waals surface area contributed by atoms with Gasteiger partial charge in [0.15, 0.2) is 5.82 Å². The Morgan fingerprint density at radius 1 is 1.67 bits per heavy atom. The number of nitrogens with zero attached hydrogens (tertiary/aromatic N) is 2. The Morgan fingerprint density at radius 2 is 2.39 bits per heavy atom. The van der Waals surface area contributed by atoms with Crippen molar-refractivity contribution >= 4 is 33.6 Å². The maximum absolute atomic E-state index is 11.9. The third-order valence-corrected chi connectivity index (χ3v) is 3.35. The molecule has 1 unspecified atom stereocenters. The zero-order chi connectivity index (χ0) is 13.3. The summed E-state index contributed by atoms with van der Waals surface area (Å²) in [7, 11) is 0. The molecular formula is C11H14BrN3O3. The van der Waals surface area contributed by atoms with Crippen molar-refractivity contribution in [1.82, 2.24) is 10.2 Å². The number of aromatic amines is 1. The quantitative estimate of drug-likeness (QED) is 0.675. The summed E-state index contributed by atoms with van der Waals surface area (Å²) in [5.41, 5.74) is 0.945. The molecule has 1 atom stereocenters. The second-order valence-corrected chi connectivity index (χ2v) is 5.37. The minimum Gasteiger partial charge on any atom is -0.462 e. The van der Waals surface area contributed by atoms with Crippen molar-refractivity contribution in [2.75, 3.05) is 18.1 Å². The first-order chi connectivity index (χ1) is 8.54. The van der Waals surface area contributed by atoms with Crippen LogP contribution in [0.1, 0.15) is 29.4 Å². The van der Waals surface area contributed by atoms with Gasteiger partial charge < -0.3 is 4.74 Å². The lowest BCUT2D eigenvalue weighted by Gasteiger charge is -2.14. The highest BCUT2D eigenvalue weighted by Gasteiger charge is 2.34. The second kappa shape index (κ2) is 5.09. The van der Waals surface area contributed by atoms with Crippen LogP contribution in [0.25, 0.3) is 0 Å². The molecule has 2 heterocycles. The van der Waals surface area contributed by atoms with Gasteiger partial charge in [0.05, 0.1) is 6.61 Å². The topological polar surface area (TPSA) is 75.3 Å². The number of hydrogen-bond donors (Lipinski definition) is 1. The van der Waals surface area contributed by atoms with Crippen LogP contribution >= 0.6 is 15.9 Å². The predicted octanol–water partition coefficient (Wildman–Crippen LogP) is 1.40. The van der Waals surface area contributed by atoms with Gasteiger partial charge in [-0.15, -0.1) is 0 Å². The van der Waals surface area contributed by atoms with Gasteiger partial charge in [-0.2, -0.15) is 5.10 Å². The van der Waals surface area contributed by atoms with Gasteiger partial charge in [-0.05, 0) is 13.8 Å². The number of amides is 1. The van der Waals surface area contributed by atoms with E-state index in [0.29, 0.717) is 30.0 Å². The van der Waals surface area contributed by atoms with Crippen LogP contribution < -0.4 is 4.90 Å². The molecule has 1 aliphatic rings. The Labute approximate surface area is 113 Å². The van der Waals surface area contributed by atoms with E-state index < -0.39 is 5.97 Å². The highest BCUT2D eigenvalue weighted by Crippen LogP contribution is 2.28. The summed E-state index contributed by atoms with van der Waals surface area (Å²) in [4.78, 5) is 25.3. The fourth-order valence-corrected chi connectivity index (χ4v) is 2.49. The van der Waals surface area contributed by atoms with E-state index in [1.54, 1.807) is 13.8 Å². The zero-order valence-corrected chi connectivity index (χ0v) is 11.8. The van der Waals surface area contributed by atoms with Crippen LogP contribution in [0.3, 0.4) is 0 Å². The van der Waals surface area contributed by atoms with E-state index in [9.17, 15) is 9.59 Å². The number of aromatic nitrogens is 2. The van der Waals surface area contributed by atoms with Crippen LogP contribution in [0.4, 0.5) is 5.82 Å². The Kier molecular flexibility index (Phi) is 3.70. The number of hydrogen-bond acceptors (Lipinski definition) is 4. The average Bonchev–Trinajstić information content (AvgIpc) is 2.82.